The summed E-state index contributed by atoms with van der Waals surface area (Å²) in [6.07, 6.45) is 11.0. The van der Waals surface area contributed by atoms with Crippen LogP contribution in [0.1, 0.15) is 82.5 Å². The van der Waals surface area contributed by atoms with E-state index in [0.717, 1.165) is 49.1 Å². The Labute approximate surface area is 270 Å². The van der Waals surface area contributed by atoms with Crippen molar-refractivity contribution in [2.24, 2.45) is 39.6 Å². The van der Waals surface area contributed by atoms with Gasteiger partial charge in [-0.3, -0.25) is 4.79 Å². The van der Waals surface area contributed by atoms with Gasteiger partial charge in [-0.25, -0.2) is 10.1 Å². The Balaban J connectivity index is 1.14. The minimum Gasteiger partial charge on any atom is -0.393 e. The molecule has 1 amide bonds. The Morgan fingerprint density at radius 1 is 1.04 bits per heavy atom. The van der Waals surface area contributed by atoms with E-state index in [0.29, 0.717) is 40.0 Å². The van der Waals surface area contributed by atoms with Gasteiger partial charge in [-0.15, -0.1) is 5.10 Å². The van der Waals surface area contributed by atoms with E-state index in [9.17, 15) is 9.90 Å². The number of nitrogen functional groups attached to an aromatic ring is 1. The van der Waals surface area contributed by atoms with Crippen LogP contribution in [0.2, 0.25) is 5.02 Å². The predicted octanol–water partition coefficient (Wildman–Crippen LogP) is 7.82. The molecule has 0 unspecified atom stereocenters. The second kappa shape index (κ2) is 11.4. The lowest BCUT2D eigenvalue weighted by molar-refractivity contribution is -0.0423. The smallest absolute Gasteiger partial charge is 0.277 e. The van der Waals surface area contributed by atoms with Crippen LogP contribution in [0, 0.1) is 34.5 Å². The second-order valence-corrected chi connectivity index (χ2v) is 14.8. The van der Waals surface area contributed by atoms with Crippen molar-refractivity contribution in [3.05, 3.63) is 76.8 Å². The summed E-state index contributed by atoms with van der Waals surface area (Å²) in [4.78, 5) is 13.8. The van der Waals surface area contributed by atoms with Gasteiger partial charge in [-0.2, -0.15) is 5.10 Å². The van der Waals surface area contributed by atoms with Crippen LogP contribution in [0.3, 0.4) is 0 Å². The summed E-state index contributed by atoms with van der Waals surface area (Å²) in [6.45, 7) is 7.02. The molecule has 45 heavy (non-hydrogen) atoms. The molecule has 3 fully saturated rings. The molecule has 4 N–H and O–H groups in total. The molecule has 3 saturated carbocycles. The molecule has 8 heteroatoms. The molecular weight excluding hydrogens is 582 g/mol. The van der Waals surface area contributed by atoms with Crippen molar-refractivity contribution in [1.82, 2.24) is 15.2 Å². The largest absolute Gasteiger partial charge is 0.393 e. The Morgan fingerprint density at radius 3 is 2.56 bits per heavy atom. The van der Waals surface area contributed by atoms with Crippen molar-refractivity contribution in [3.8, 4) is 16.9 Å². The number of nitrogens with two attached hydrogens (primary N) is 1. The van der Waals surface area contributed by atoms with Gasteiger partial charge in [0.15, 0.2) is 5.82 Å². The maximum atomic E-state index is 13.8. The molecule has 1 heterocycles. The lowest BCUT2D eigenvalue weighted by atomic mass is 9.47. The van der Waals surface area contributed by atoms with Gasteiger partial charge in [0.2, 0.25) is 0 Å². The average molecular weight is 626 g/mol. The van der Waals surface area contributed by atoms with Crippen LogP contribution in [0.15, 0.2) is 71.3 Å². The van der Waals surface area contributed by atoms with Crippen LogP contribution >= 0.6 is 11.6 Å². The number of hydrogen-bond donors (Lipinski definition) is 3. The average Bonchev–Trinajstić information content (AvgIpc) is 3.58. The van der Waals surface area contributed by atoms with E-state index in [1.54, 1.807) is 16.8 Å². The van der Waals surface area contributed by atoms with Crippen molar-refractivity contribution in [2.75, 3.05) is 5.73 Å². The van der Waals surface area contributed by atoms with Crippen molar-refractivity contribution in [3.63, 3.8) is 0 Å². The minimum atomic E-state index is -0.375. The Kier molecular flexibility index (Phi) is 7.68. The van der Waals surface area contributed by atoms with Gasteiger partial charge in [-0.05, 0) is 111 Å². The number of aromatic nitrogens is 2. The lowest BCUT2D eigenvalue weighted by Gasteiger charge is -2.58. The highest BCUT2D eigenvalue weighted by Crippen LogP contribution is 2.66. The van der Waals surface area contributed by atoms with Crippen molar-refractivity contribution in [1.29, 1.82) is 0 Å². The molecule has 4 aliphatic rings. The molecule has 7 nitrogen and oxygen atoms in total. The number of carbonyl (C=O) groups excluding carboxylic acids is 1. The van der Waals surface area contributed by atoms with Crippen LogP contribution in [0.4, 0.5) is 5.82 Å². The molecule has 2 aromatic carbocycles. The molecule has 0 spiro atoms. The number of allylic oxidation sites excluding steroid dienone is 1. The number of carbonyl (C=O) groups is 1. The molecule has 3 aromatic rings. The number of nitrogens with one attached hydrogen (secondary N) is 1. The van der Waals surface area contributed by atoms with E-state index in [1.165, 1.54) is 24.8 Å². The first-order valence-corrected chi connectivity index (χ1v) is 16.9. The van der Waals surface area contributed by atoms with Crippen molar-refractivity contribution >= 4 is 29.0 Å². The molecule has 7 atom stereocenters. The standard InChI is InChI=1S/C37H44ClN5O2/c1-22(29-15-16-30-28-14-11-24-21-27(44)17-19-36(24,2)31(28)18-20-37(29,30)3)40-41-35(45)32-33(23-9-12-25(38)13-10-23)43(42-34(32)39)26-7-5-4-6-8-26/h4-13,27-31,44H,14-21H2,1-3H3,(H2,39,42)(H,41,45)/b40-22+/t27-,28-,29+,30-,31-,36-,37+/m0/s1. The summed E-state index contributed by atoms with van der Waals surface area (Å²) in [5.74, 6) is 2.09. The zero-order chi connectivity index (χ0) is 31.5. The maximum absolute atomic E-state index is 13.8. The first kappa shape index (κ1) is 30.2. The third kappa shape index (κ3) is 5.03. The molecule has 0 radical (unpaired) electrons. The minimum absolute atomic E-state index is 0.147. The van der Waals surface area contributed by atoms with E-state index in [2.05, 4.69) is 37.4 Å². The highest BCUT2D eigenvalue weighted by atomic mass is 35.5. The molecule has 1 aromatic heterocycles. The van der Waals surface area contributed by atoms with E-state index in [-0.39, 0.29) is 28.7 Å². The van der Waals surface area contributed by atoms with Crippen LogP contribution in [-0.2, 0) is 0 Å². The molecular formula is C37H44ClN5O2. The lowest BCUT2D eigenvalue weighted by Crippen LogP contribution is -2.51. The van der Waals surface area contributed by atoms with E-state index in [1.807, 2.05) is 42.5 Å². The molecule has 0 saturated heterocycles. The number of amides is 1. The number of nitrogens with zero attached hydrogens (tertiary/aromatic N) is 3. The molecule has 0 bridgehead atoms. The summed E-state index contributed by atoms with van der Waals surface area (Å²) in [5.41, 5.74) is 14.6. The number of rotatable bonds is 5. The van der Waals surface area contributed by atoms with E-state index in [4.69, 9.17) is 22.4 Å². The number of hydrogen-bond acceptors (Lipinski definition) is 5. The third-order valence-electron chi connectivity index (χ3n) is 12.2. The van der Waals surface area contributed by atoms with E-state index < -0.39 is 0 Å². The summed E-state index contributed by atoms with van der Waals surface area (Å²) in [6, 6.07) is 17.0. The number of fused-ring (bicyclic) bond motifs is 5. The summed E-state index contributed by atoms with van der Waals surface area (Å²) < 4.78 is 1.71. The Bertz CT molecular complexity index is 1660. The van der Waals surface area contributed by atoms with Crippen LogP contribution in [-0.4, -0.2) is 32.6 Å². The summed E-state index contributed by atoms with van der Waals surface area (Å²) in [5, 5.41) is 20.3. The van der Waals surface area contributed by atoms with E-state index >= 15 is 0 Å². The normalized spacial score (nSPS) is 32.7. The molecule has 0 aliphatic heterocycles. The highest BCUT2D eigenvalue weighted by molar-refractivity contribution is 6.30. The predicted molar refractivity (Wildman–Crippen MR) is 180 cm³/mol. The number of para-hydroxylation sites is 1. The molecule has 7 rings (SSSR count). The number of aliphatic hydroxyl groups is 1. The third-order valence-corrected chi connectivity index (χ3v) is 12.4. The first-order chi connectivity index (χ1) is 21.6. The first-order valence-electron chi connectivity index (χ1n) is 16.5. The molecule has 4 aliphatic carbocycles. The fourth-order valence-electron chi connectivity index (χ4n) is 9.89. The number of halogens is 1. The van der Waals surface area contributed by atoms with Gasteiger partial charge >= 0.3 is 0 Å². The highest BCUT2D eigenvalue weighted by Gasteiger charge is 2.59. The summed E-state index contributed by atoms with van der Waals surface area (Å²) in [7, 11) is 0. The zero-order valence-electron chi connectivity index (χ0n) is 26.5. The van der Waals surface area contributed by atoms with Gasteiger partial charge in [0.25, 0.3) is 5.91 Å². The number of aliphatic hydroxyl groups excluding tert-OH is 1. The quantitative estimate of drug-likeness (QED) is 0.153. The topological polar surface area (TPSA) is 106 Å². The van der Waals surface area contributed by atoms with Crippen molar-refractivity contribution in [2.45, 2.75) is 78.2 Å². The van der Waals surface area contributed by atoms with Crippen molar-refractivity contribution < 1.29 is 9.90 Å². The van der Waals surface area contributed by atoms with Gasteiger partial charge < -0.3 is 10.8 Å². The number of benzene rings is 2. The fraction of sp³-hybridized carbons (Fsp3) is 0.486. The van der Waals surface area contributed by atoms with Crippen LogP contribution < -0.4 is 11.2 Å². The Hall–Kier alpha value is -3.42. The SMILES string of the molecule is C/C(=N\NC(=O)c1c(N)nn(-c2ccccc2)c1-c1ccc(Cl)cc1)[C@H]1CC[C@H]2[C@@H]3CC=C4C[C@@H](O)CC[C@]4(C)[C@H]3CC[C@]12C. The second-order valence-electron chi connectivity index (χ2n) is 14.4. The Morgan fingerprint density at radius 2 is 1.80 bits per heavy atom. The monoisotopic (exact) mass is 625 g/mol. The van der Waals surface area contributed by atoms with Crippen LogP contribution in [0.5, 0.6) is 0 Å². The number of hydrazone groups is 1. The van der Waals surface area contributed by atoms with Gasteiger partial charge in [-0.1, -0.05) is 67.4 Å². The summed E-state index contributed by atoms with van der Waals surface area (Å²) >= 11 is 6.19. The van der Waals surface area contributed by atoms with Gasteiger partial charge in [0, 0.05) is 22.2 Å². The number of anilines is 1. The molecule has 236 valence electrons. The van der Waals surface area contributed by atoms with Gasteiger partial charge in [0.1, 0.15) is 5.56 Å². The fourth-order valence-corrected chi connectivity index (χ4v) is 10.0. The maximum Gasteiger partial charge on any atom is 0.277 e. The van der Waals surface area contributed by atoms with Crippen LogP contribution in [0.25, 0.3) is 16.9 Å². The zero-order valence-corrected chi connectivity index (χ0v) is 27.2. The van der Waals surface area contributed by atoms with Gasteiger partial charge in [0.05, 0.1) is 17.5 Å².